The summed E-state index contributed by atoms with van der Waals surface area (Å²) in [4.78, 5) is 10.9. The van der Waals surface area contributed by atoms with E-state index in [0.29, 0.717) is 0 Å². The normalized spacial score (nSPS) is 32.3. The molecule has 0 bridgehead atoms. The van der Waals surface area contributed by atoms with Gasteiger partial charge in [0, 0.05) is 11.1 Å². The maximum absolute atomic E-state index is 5.91. The Morgan fingerprint density at radius 3 is 2.14 bits per heavy atom. The fourth-order valence-electron chi connectivity index (χ4n) is 3.16. The molecule has 0 N–H and O–H groups in total. The smallest absolute Gasteiger partial charge is 0.203 e. The van der Waals surface area contributed by atoms with Crippen molar-refractivity contribution in [2.24, 2.45) is 4.99 Å². The lowest BCUT2D eigenvalue weighted by atomic mass is 9.92. The Morgan fingerprint density at radius 1 is 1.00 bits per heavy atom. The van der Waals surface area contributed by atoms with Crippen molar-refractivity contribution in [3.05, 3.63) is 65.7 Å². The van der Waals surface area contributed by atoms with Gasteiger partial charge in [-0.1, -0.05) is 42.5 Å². The van der Waals surface area contributed by atoms with Crippen molar-refractivity contribution in [3.63, 3.8) is 0 Å². The lowest BCUT2D eigenvalue weighted by molar-refractivity contribution is 0.0935. The van der Waals surface area contributed by atoms with Crippen molar-refractivity contribution < 1.29 is 9.57 Å². The SMILES string of the molecule is COc1ccc(C2(c3ccccc3)N=C(C)C3(C)ON32)cc1. The summed E-state index contributed by atoms with van der Waals surface area (Å²) in [6.07, 6.45) is 0. The number of hydrogen-bond acceptors (Lipinski definition) is 4. The Balaban J connectivity index is 1.91. The van der Waals surface area contributed by atoms with E-state index < -0.39 is 11.4 Å². The van der Waals surface area contributed by atoms with Crippen LogP contribution in [0.1, 0.15) is 25.0 Å². The average Bonchev–Trinajstić information content (AvgIpc) is 3.21. The number of aliphatic imine (C=N–C) groups is 1. The minimum absolute atomic E-state index is 0.393. The Labute approximate surface area is 130 Å². The largest absolute Gasteiger partial charge is 0.497 e. The zero-order valence-electron chi connectivity index (χ0n) is 12.9. The molecule has 2 heterocycles. The van der Waals surface area contributed by atoms with E-state index in [4.69, 9.17) is 14.6 Å². The van der Waals surface area contributed by atoms with E-state index in [2.05, 4.69) is 31.2 Å². The highest BCUT2D eigenvalue weighted by molar-refractivity contribution is 5.94. The van der Waals surface area contributed by atoms with Gasteiger partial charge in [-0.05, 0) is 26.0 Å². The summed E-state index contributed by atoms with van der Waals surface area (Å²) in [5.41, 5.74) is 2.15. The Kier molecular flexibility index (Phi) is 2.71. The number of hydroxylamine groups is 2. The fourth-order valence-corrected chi connectivity index (χ4v) is 3.16. The van der Waals surface area contributed by atoms with E-state index in [1.807, 2.05) is 42.3 Å². The van der Waals surface area contributed by atoms with Crippen LogP contribution in [0.25, 0.3) is 0 Å². The van der Waals surface area contributed by atoms with E-state index in [-0.39, 0.29) is 0 Å². The van der Waals surface area contributed by atoms with Crippen molar-refractivity contribution >= 4 is 5.71 Å². The number of nitrogens with zero attached hydrogens (tertiary/aromatic N) is 2. The van der Waals surface area contributed by atoms with E-state index >= 15 is 0 Å². The number of fused-ring (bicyclic) bond motifs is 1. The molecule has 3 atom stereocenters. The standard InChI is InChI=1S/C18H18N2O2/c1-13-17(2)20(22-17)18(19-13,14-7-5-4-6-8-14)15-9-11-16(21-3)12-10-15/h4-12H,1-3H3. The van der Waals surface area contributed by atoms with Gasteiger partial charge in [0.2, 0.25) is 5.72 Å². The molecular formula is C18H18N2O2. The topological polar surface area (TPSA) is 37.1 Å². The summed E-state index contributed by atoms with van der Waals surface area (Å²) in [7, 11) is 1.67. The molecule has 0 spiro atoms. The van der Waals surface area contributed by atoms with Crippen LogP contribution >= 0.6 is 0 Å². The highest BCUT2D eigenvalue weighted by atomic mass is 16.9. The number of methoxy groups -OCH3 is 1. The Morgan fingerprint density at radius 2 is 1.64 bits per heavy atom. The lowest BCUT2D eigenvalue weighted by Crippen LogP contribution is -2.33. The van der Waals surface area contributed by atoms with Gasteiger partial charge in [-0.2, -0.15) is 0 Å². The predicted molar refractivity (Wildman–Crippen MR) is 84.7 cm³/mol. The van der Waals surface area contributed by atoms with Gasteiger partial charge in [0.05, 0.1) is 12.8 Å². The van der Waals surface area contributed by atoms with Gasteiger partial charge in [0.15, 0.2) is 5.66 Å². The summed E-state index contributed by atoms with van der Waals surface area (Å²) in [6.45, 7) is 4.08. The molecule has 0 aromatic heterocycles. The van der Waals surface area contributed by atoms with Crippen molar-refractivity contribution in [2.45, 2.75) is 25.2 Å². The van der Waals surface area contributed by atoms with Crippen LogP contribution in [-0.4, -0.2) is 23.6 Å². The molecule has 1 fully saturated rings. The third kappa shape index (κ3) is 1.62. The van der Waals surface area contributed by atoms with E-state index in [1.165, 1.54) is 0 Å². The number of rotatable bonds is 3. The Hall–Kier alpha value is -2.17. The number of ether oxygens (including phenoxy) is 1. The molecule has 2 aromatic carbocycles. The third-order valence-corrected chi connectivity index (χ3v) is 4.59. The first kappa shape index (κ1) is 13.5. The molecule has 112 valence electrons. The molecule has 4 nitrogen and oxygen atoms in total. The van der Waals surface area contributed by atoms with Crippen LogP contribution in [0.5, 0.6) is 5.75 Å². The predicted octanol–water partition coefficient (Wildman–Crippen LogP) is 3.33. The highest BCUT2D eigenvalue weighted by Gasteiger charge is 2.69. The van der Waals surface area contributed by atoms with Crippen molar-refractivity contribution in [2.75, 3.05) is 7.11 Å². The molecule has 3 unspecified atom stereocenters. The molecule has 4 heteroatoms. The molecule has 0 aliphatic carbocycles. The Bertz CT molecular complexity index is 741. The maximum atomic E-state index is 5.91. The molecule has 0 saturated carbocycles. The second-order valence-corrected chi connectivity index (χ2v) is 5.83. The number of hydrogen-bond donors (Lipinski definition) is 0. The molecule has 2 aromatic rings. The minimum Gasteiger partial charge on any atom is -0.497 e. The van der Waals surface area contributed by atoms with Crippen molar-refractivity contribution in [1.82, 2.24) is 5.06 Å². The minimum atomic E-state index is -0.619. The van der Waals surface area contributed by atoms with Crippen LogP contribution < -0.4 is 4.74 Å². The lowest BCUT2D eigenvalue weighted by Gasteiger charge is -2.28. The van der Waals surface area contributed by atoms with Crippen molar-refractivity contribution in [1.29, 1.82) is 0 Å². The molecule has 22 heavy (non-hydrogen) atoms. The first-order valence-corrected chi connectivity index (χ1v) is 7.38. The summed E-state index contributed by atoms with van der Waals surface area (Å²) in [5, 5.41) is 1.98. The number of benzene rings is 2. The van der Waals surface area contributed by atoms with Crippen LogP contribution in [0, 0.1) is 0 Å². The monoisotopic (exact) mass is 294 g/mol. The fraction of sp³-hybridized carbons (Fsp3) is 0.278. The summed E-state index contributed by atoms with van der Waals surface area (Å²) < 4.78 is 5.27. The molecule has 1 saturated heterocycles. The van der Waals surface area contributed by atoms with Crippen LogP contribution in [0.15, 0.2) is 59.6 Å². The van der Waals surface area contributed by atoms with E-state index in [1.54, 1.807) is 7.11 Å². The summed E-state index contributed by atoms with van der Waals surface area (Å²) >= 11 is 0. The van der Waals surface area contributed by atoms with Gasteiger partial charge < -0.3 is 4.74 Å². The van der Waals surface area contributed by atoms with Crippen LogP contribution in [0.2, 0.25) is 0 Å². The van der Waals surface area contributed by atoms with Gasteiger partial charge in [-0.25, -0.2) is 0 Å². The van der Waals surface area contributed by atoms with Gasteiger partial charge >= 0.3 is 0 Å². The van der Waals surface area contributed by atoms with Crippen molar-refractivity contribution in [3.8, 4) is 5.75 Å². The van der Waals surface area contributed by atoms with Crippen LogP contribution in [-0.2, 0) is 10.5 Å². The molecule has 0 amide bonds. The first-order valence-electron chi connectivity index (χ1n) is 7.38. The zero-order chi connectivity index (χ0) is 15.4. The zero-order valence-corrected chi connectivity index (χ0v) is 12.9. The van der Waals surface area contributed by atoms with Gasteiger partial charge in [0.1, 0.15) is 5.75 Å². The second kappa shape index (κ2) is 4.41. The summed E-state index contributed by atoms with van der Waals surface area (Å²) in [5.74, 6) is 0.833. The molecular weight excluding hydrogens is 276 g/mol. The molecule has 2 aliphatic heterocycles. The van der Waals surface area contributed by atoms with E-state index in [0.717, 1.165) is 22.6 Å². The van der Waals surface area contributed by atoms with Crippen LogP contribution in [0.3, 0.4) is 0 Å². The highest BCUT2D eigenvalue weighted by Crippen LogP contribution is 2.56. The maximum Gasteiger partial charge on any atom is 0.203 e. The molecule has 4 rings (SSSR count). The second-order valence-electron chi connectivity index (χ2n) is 5.83. The molecule has 2 aliphatic rings. The van der Waals surface area contributed by atoms with E-state index in [9.17, 15) is 0 Å². The third-order valence-electron chi connectivity index (χ3n) is 4.59. The van der Waals surface area contributed by atoms with Gasteiger partial charge in [-0.3, -0.25) is 9.83 Å². The molecule has 0 radical (unpaired) electrons. The van der Waals surface area contributed by atoms with Gasteiger partial charge in [0.25, 0.3) is 0 Å². The summed E-state index contributed by atoms with van der Waals surface area (Å²) in [6, 6.07) is 18.3. The quantitative estimate of drug-likeness (QED) is 0.815. The average molecular weight is 294 g/mol. The van der Waals surface area contributed by atoms with Crippen LogP contribution in [0.4, 0.5) is 0 Å². The first-order chi connectivity index (χ1) is 10.6. The van der Waals surface area contributed by atoms with Gasteiger partial charge in [-0.15, -0.1) is 5.06 Å².